The lowest BCUT2D eigenvalue weighted by molar-refractivity contribution is -0.138. The molecule has 3 aromatic rings. The third kappa shape index (κ3) is 4.90. The second kappa shape index (κ2) is 9.80. The Morgan fingerprint density at radius 2 is 1.83 bits per heavy atom. The lowest BCUT2D eigenvalue weighted by Crippen LogP contribution is -2.18. The number of nitrogens with one attached hydrogen (secondary N) is 1. The fourth-order valence-electron chi connectivity index (χ4n) is 2.73. The molecule has 0 fully saturated rings. The average Bonchev–Trinajstić information content (AvgIpc) is 2.76. The maximum absolute atomic E-state index is 14.8. The average molecular weight is 425 g/mol. The monoisotopic (exact) mass is 424 g/mol. The number of carbonyl (C=O) groups excluding carboxylic acids is 2. The number of Topliss-reactive ketones (excluding diaryl/α,β-unsaturated/α-hetero) is 1. The van der Waals surface area contributed by atoms with Crippen molar-refractivity contribution in [2.75, 3.05) is 11.9 Å². The summed E-state index contributed by atoms with van der Waals surface area (Å²) in [6, 6.07) is 14.6. The minimum absolute atomic E-state index is 0.0168. The molecule has 3 rings (SSSR count). The van der Waals surface area contributed by atoms with Crippen LogP contribution in [0.2, 0.25) is 5.02 Å². The molecule has 0 aliphatic heterocycles. The van der Waals surface area contributed by atoms with Gasteiger partial charge in [0.15, 0.2) is 0 Å². The van der Waals surface area contributed by atoms with Gasteiger partial charge in [-0.15, -0.1) is 0 Å². The highest BCUT2D eigenvalue weighted by atomic mass is 35.5. The van der Waals surface area contributed by atoms with Crippen molar-refractivity contribution in [3.05, 3.63) is 95.2 Å². The van der Waals surface area contributed by atoms with Gasteiger partial charge in [0.1, 0.15) is 11.4 Å². The van der Waals surface area contributed by atoms with E-state index in [2.05, 4.69) is 10.3 Å². The number of benzene rings is 2. The molecule has 5 nitrogen and oxygen atoms in total. The zero-order valence-electron chi connectivity index (χ0n) is 16.1. The van der Waals surface area contributed by atoms with Crippen molar-refractivity contribution < 1.29 is 18.7 Å². The highest BCUT2D eigenvalue weighted by Gasteiger charge is 2.25. The Bertz CT molecular complexity index is 1090. The Morgan fingerprint density at radius 3 is 2.50 bits per heavy atom. The minimum Gasteiger partial charge on any atom is -0.462 e. The molecule has 152 valence electrons. The van der Waals surface area contributed by atoms with E-state index in [9.17, 15) is 14.0 Å². The normalized spacial score (nSPS) is 11.1. The van der Waals surface area contributed by atoms with Crippen LogP contribution in [0.25, 0.3) is 11.1 Å². The first-order chi connectivity index (χ1) is 14.5. The van der Waals surface area contributed by atoms with E-state index in [-0.39, 0.29) is 28.3 Å². The molecule has 1 N–H and O–H groups in total. The molecule has 7 heteroatoms. The second-order valence-electron chi connectivity index (χ2n) is 6.17. The van der Waals surface area contributed by atoms with Crippen LogP contribution in [-0.4, -0.2) is 23.3 Å². The number of para-hydroxylation sites is 1. The molecule has 0 radical (unpaired) electrons. The van der Waals surface area contributed by atoms with E-state index < -0.39 is 17.6 Å². The van der Waals surface area contributed by atoms with Gasteiger partial charge in [-0.2, -0.15) is 0 Å². The molecule has 30 heavy (non-hydrogen) atoms. The van der Waals surface area contributed by atoms with Crippen LogP contribution in [-0.2, 0) is 9.53 Å². The largest absolute Gasteiger partial charge is 0.462 e. The smallest absolute Gasteiger partial charge is 0.343 e. The standard InChI is InChI=1S/C23H18ClFN2O3/c1-2-30-23(29)19(14-27-16-6-4-3-5-7-16)22(28)18-13-21(25)17(12-20(18)24)15-8-10-26-11-9-15/h3-14,27H,2H2,1H3. The number of hydrogen-bond acceptors (Lipinski definition) is 5. The SMILES string of the molecule is CCOC(=O)C(=CNc1ccccc1)C(=O)c1cc(F)c(-c2ccncc2)cc1Cl. The number of nitrogens with zero attached hydrogens (tertiary/aromatic N) is 1. The first kappa shape index (κ1) is 21.2. The molecule has 2 aromatic carbocycles. The molecule has 0 atom stereocenters. The Balaban J connectivity index is 1.97. The van der Waals surface area contributed by atoms with E-state index in [0.29, 0.717) is 11.3 Å². The molecule has 0 amide bonds. The van der Waals surface area contributed by atoms with E-state index in [4.69, 9.17) is 16.3 Å². The number of carbonyl (C=O) groups is 2. The number of anilines is 1. The molecule has 1 aromatic heterocycles. The first-order valence-corrected chi connectivity index (χ1v) is 9.52. The molecule has 0 spiro atoms. The molecule has 0 saturated carbocycles. The van der Waals surface area contributed by atoms with Crippen molar-refractivity contribution in [1.82, 2.24) is 4.98 Å². The van der Waals surface area contributed by atoms with E-state index >= 15 is 0 Å². The van der Waals surface area contributed by atoms with Crippen LogP contribution in [0.3, 0.4) is 0 Å². The molecule has 0 aliphatic carbocycles. The number of esters is 1. The number of hydrogen-bond donors (Lipinski definition) is 1. The molecule has 0 aliphatic rings. The maximum atomic E-state index is 14.8. The quantitative estimate of drug-likeness (QED) is 0.184. The molecular formula is C23H18ClFN2O3. The summed E-state index contributed by atoms with van der Waals surface area (Å²) in [5.74, 6) is -2.23. The zero-order valence-corrected chi connectivity index (χ0v) is 16.8. The number of halogens is 2. The highest BCUT2D eigenvalue weighted by molar-refractivity contribution is 6.37. The van der Waals surface area contributed by atoms with E-state index in [1.807, 2.05) is 6.07 Å². The molecule has 1 heterocycles. The van der Waals surface area contributed by atoms with Gasteiger partial charge in [-0.3, -0.25) is 9.78 Å². The predicted octanol–water partition coefficient (Wildman–Crippen LogP) is 5.28. The van der Waals surface area contributed by atoms with Gasteiger partial charge in [0, 0.05) is 35.4 Å². The lowest BCUT2D eigenvalue weighted by atomic mass is 9.99. The first-order valence-electron chi connectivity index (χ1n) is 9.14. The van der Waals surface area contributed by atoms with Gasteiger partial charge < -0.3 is 10.1 Å². The van der Waals surface area contributed by atoms with Crippen LogP contribution in [0.15, 0.2) is 78.8 Å². The van der Waals surface area contributed by atoms with Crippen LogP contribution in [0.4, 0.5) is 10.1 Å². The van der Waals surface area contributed by atoms with Gasteiger partial charge in [-0.1, -0.05) is 29.8 Å². The third-order valence-electron chi connectivity index (χ3n) is 4.19. The van der Waals surface area contributed by atoms with Crippen LogP contribution in [0, 0.1) is 5.82 Å². The Labute approximate surface area is 178 Å². The lowest BCUT2D eigenvalue weighted by Gasteiger charge is -2.11. The van der Waals surface area contributed by atoms with Crippen molar-refractivity contribution in [3.63, 3.8) is 0 Å². The molecule has 0 bridgehead atoms. The highest BCUT2D eigenvalue weighted by Crippen LogP contribution is 2.30. The Kier molecular flexibility index (Phi) is 6.93. The number of rotatable bonds is 7. The van der Waals surface area contributed by atoms with E-state index in [0.717, 1.165) is 6.07 Å². The summed E-state index contributed by atoms with van der Waals surface area (Å²) in [6.07, 6.45) is 4.29. The third-order valence-corrected chi connectivity index (χ3v) is 4.50. The van der Waals surface area contributed by atoms with Crippen LogP contribution in [0.1, 0.15) is 17.3 Å². The van der Waals surface area contributed by atoms with Gasteiger partial charge in [-0.25, -0.2) is 9.18 Å². The summed E-state index contributed by atoms with van der Waals surface area (Å²) in [4.78, 5) is 29.3. The number of ketones is 1. The predicted molar refractivity (Wildman–Crippen MR) is 114 cm³/mol. The summed E-state index contributed by atoms with van der Waals surface area (Å²) >= 11 is 6.29. The van der Waals surface area contributed by atoms with Crippen molar-refractivity contribution in [2.45, 2.75) is 6.92 Å². The molecule has 0 saturated heterocycles. The van der Waals surface area contributed by atoms with Crippen LogP contribution >= 0.6 is 11.6 Å². The number of pyridine rings is 1. The summed E-state index contributed by atoms with van der Waals surface area (Å²) < 4.78 is 19.7. The number of aromatic nitrogens is 1. The van der Waals surface area contributed by atoms with E-state index in [1.165, 1.54) is 24.7 Å². The molecule has 0 unspecified atom stereocenters. The summed E-state index contributed by atoms with van der Waals surface area (Å²) in [7, 11) is 0. The van der Waals surface area contributed by atoms with Gasteiger partial charge in [0.05, 0.1) is 11.6 Å². The minimum atomic E-state index is -0.833. The van der Waals surface area contributed by atoms with Crippen molar-refractivity contribution in [1.29, 1.82) is 0 Å². The Hall–Kier alpha value is -3.51. The summed E-state index contributed by atoms with van der Waals surface area (Å²) in [6.45, 7) is 1.71. The van der Waals surface area contributed by atoms with E-state index in [1.54, 1.807) is 43.3 Å². The fraction of sp³-hybridized carbons (Fsp3) is 0.0870. The summed E-state index contributed by atoms with van der Waals surface area (Å²) in [5.41, 5.74) is 1.02. The topological polar surface area (TPSA) is 68.3 Å². The van der Waals surface area contributed by atoms with Crippen LogP contribution < -0.4 is 5.32 Å². The van der Waals surface area contributed by atoms with Gasteiger partial charge in [-0.05, 0) is 48.9 Å². The summed E-state index contributed by atoms with van der Waals surface area (Å²) in [5, 5.41) is 2.90. The second-order valence-corrected chi connectivity index (χ2v) is 6.57. The van der Waals surface area contributed by atoms with Crippen molar-refractivity contribution in [2.24, 2.45) is 0 Å². The fourth-order valence-corrected chi connectivity index (χ4v) is 2.98. The van der Waals surface area contributed by atoms with Gasteiger partial charge in [0.2, 0.25) is 5.78 Å². The van der Waals surface area contributed by atoms with Gasteiger partial charge >= 0.3 is 5.97 Å². The maximum Gasteiger partial charge on any atom is 0.343 e. The Morgan fingerprint density at radius 1 is 1.13 bits per heavy atom. The van der Waals surface area contributed by atoms with Crippen molar-refractivity contribution >= 4 is 29.0 Å². The molecular weight excluding hydrogens is 407 g/mol. The van der Waals surface area contributed by atoms with Crippen LogP contribution in [0.5, 0.6) is 0 Å². The van der Waals surface area contributed by atoms with Gasteiger partial charge in [0.25, 0.3) is 0 Å². The zero-order chi connectivity index (χ0) is 21.5. The van der Waals surface area contributed by atoms with Crippen molar-refractivity contribution in [3.8, 4) is 11.1 Å². The number of ether oxygens (including phenoxy) is 1.